The van der Waals surface area contributed by atoms with Crippen molar-refractivity contribution in [1.29, 1.82) is 0 Å². The molecule has 0 fully saturated rings. The van der Waals surface area contributed by atoms with Crippen LogP contribution >= 0.6 is 11.6 Å². The van der Waals surface area contributed by atoms with Crippen LogP contribution in [0.2, 0.25) is 0 Å². The predicted octanol–water partition coefficient (Wildman–Crippen LogP) is 3.68. The molecule has 0 aliphatic heterocycles. The summed E-state index contributed by atoms with van der Waals surface area (Å²) in [5, 5.41) is 22.9. The number of benzene rings is 2. The normalized spacial score (nSPS) is 12.2. The van der Waals surface area contributed by atoms with E-state index < -0.39 is 0 Å². The van der Waals surface area contributed by atoms with Gasteiger partial charge in [-0.15, -0.1) is 0 Å². The lowest BCUT2D eigenvalue weighted by Gasteiger charge is -2.06. The largest absolute Gasteiger partial charge is 0.457 e. The van der Waals surface area contributed by atoms with Crippen molar-refractivity contribution in [1.82, 2.24) is 0 Å². The van der Waals surface area contributed by atoms with Gasteiger partial charge in [-0.2, -0.15) is 0 Å². The van der Waals surface area contributed by atoms with Crippen molar-refractivity contribution in [3.63, 3.8) is 0 Å². The van der Waals surface area contributed by atoms with Crippen molar-refractivity contribution in [2.24, 2.45) is 10.3 Å². The fourth-order valence-corrected chi connectivity index (χ4v) is 1.72. The maximum absolute atomic E-state index is 8.87. The Morgan fingerprint density at radius 3 is 2.00 bits per heavy atom. The number of oxime groups is 2. The summed E-state index contributed by atoms with van der Waals surface area (Å²) in [7, 11) is 0. The Labute approximate surface area is 120 Å². The zero-order chi connectivity index (χ0) is 14.4. The molecular formula is C14H11ClN2O3. The van der Waals surface area contributed by atoms with Crippen LogP contribution in [0.1, 0.15) is 5.56 Å². The standard InChI is InChI=1S/C14H11ClN2O3/c15-14(17-19)13(16-18)10-6-8-12(9-7-10)20-11-4-2-1-3-5-11/h1-9,18-19H. The summed E-state index contributed by atoms with van der Waals surface area (Å²) in [6.45, 7) is 0. The highest BCUT2D eigenvalue weighted by atomic mass is 35.5. The molecule has 5 nitrogen and oxygen atoms in total. The molecule has 2 N–H and O–H groups in total. The Morgan fingerprint density at radius 2 is 1.45 bits per heavy atom. The first-order valence-electron chi connectivity index (χ1n) is 5.68. The summed E-state index contributed by atoms with van der Waals surface area (Å²) in [6, 6.07) is 16.0. The first-order chi connectivity index (χ1) is 9.74. The van der Waals surface area contributed by atoms with Crippen molar-refractivity contribution < 1.29 is 15.2 Å². The van der Waals surface area contributed by atoms with E-state index in [1.54, 1.807) is 24.3 Å². The van der Waals surface area contributed by atoms with Crippen LogP contribution in [0.4, 0.5) is 0 Å². The first kappa shape index (κ1) is 13.9. The van der Waals surface area contributed by atoms with Gasteiger partial charge in [-0.1, -0.05) is 40.1 Å². The van der Waals surface area contributed by atoms with Crippen molar-refractivity contribution in [2.75, 3.05) is 0 Å². The number of halogens is 1. The molecule has 2 rings (SSSR count). The summed E-state index contributed by atoms with van der Waals surface area (Å²) in [4.78, 5) is 0. The molecule has 0 saturated carbocycles. The van der Waals surface area contributed by atoms with Crippen LogP contribution in [0.15, 0.2) is 64.9 Å². The molecule has 0 bridgehead atoms. The van der Waals surface area contributed by atoms with E-state index in [0.29, 0.717) is 17.1 Å². The highest BCUT2D eigenvalue weighted by Gasteiger charge is 2.11. The van der Waals surface area contributed by atoms with E-state index in [0.717, 1.165) is 0 Å². The van der Waals surface area contributed by atoms with Gasteiger partial charge in [-0.05, 0) is 36.4 Å². The van der Waals surface area contributed by atoms with Gasteiger partial charge in [0, 0.05) is 5.56 Å². The molecule has 0 radical (unpaired) electrons. The topological polar surface area (TPSA) is 74.4 Å². The quantitative estimate of drug-likeness (QED) is 0.512. The van der Waals surface area contributed by atoms with Gasteiger partial charge in [-0.25, -0.2) is 0 Å². The van der Waals surface area contributed by atoms with E-state index in [9.17, 15) is 0 Å². The zero-order valence-electron chi connectivity index (χ0n) is 10.3. The lowest BCUT2D eigenvalue weighted by molar-refractivity contribution is 0.315. The minimum absolute atomic E-state index is 0.0274. The lowest BCUT2D eigenvalue weighted by atomic mass is 10.1. The minimum atomic E-state index is -0.302. The second kappa shape index (κ2) is 6.58. The molecule has 0 amide bonds. The highest BCUT2D eigenvalue weighted by Crippen LogP contribution is 2.21. The average molecular weight is 291 g/mol. The van der Waals surface area contributed by atoms with E-state index in [4.69, 9.17) is 26.8 Å². The second-order valence-electron chi connectivity index (χ2n) is 3.78. The Hall–Kier alpha value is -2.53. The van der Waals surface area contributed by atoms with Crippen LogP contribution in [-0.2, 0) is 0 Å². The van der Waals surface area contributed by atoms with Crippen molar-refractivity contribution in [3.8, 4) is 11.5 Å². The number of rotatable bonds is 4. The molecule has 0 aromatic heterocycles. The Morgan fingerprint density at radius 1 is 0.850 bits per heavy atom. The van der Waals surface area contributed by atoms with Crippen LogP contribution in [0, 0.1) is 0 Å². The number of para-hydroxylation sites is 1. The van der Waals surface area contributed by atoms with Crippen LogP contribution in [0.5, 0.6) is 11.5 Å². The van der Waals surface area contributed by atoms with Gasteiger partial charge in [0.25, 0.3) is 0 Å². The number of ether oxygens (including phenoxy) is 1. The lowest BCUT2D eigenvalue weighted by Crippen LogP contribution is -2.09. The fraction of sp³-hybridized carbons (Fsp3) is 0. The molecule has 20 heavy (non-hydrogen) atoms. The Kier molecular flexibility index (Phi) is 4.57. The average Bonchev–Trinajstić information content (AvgIpc) is 2.50. The Bertz CT molecular complexity index is 625. The van der Waals surface area contributed by atoms with Gasteiger partial charge in [0.15, 0.2) is 10.9 Å². The van der Waals surface area contributed by atoms with Gasteiger partial charge in [-0.3, -0.25) is 0 Å². The monoisotopic (exact) mass is 290 g/mol. The van der Waals surface area contributed by atoms with Crippen LogP contribution in [-0.4, -0.2) is 21.3 Å². The summed E-state index contributed by atoms with van der Waals surface area (Å²) >= 11 is 5.61. The van der Waals surface area contributed by atoms with Gasteiger partial charge in [0.2, 0.25) is 0 Å². The minimum Gasteiger partial charge on any atom is -0.457 e. The third-order valence-electron chi connectivity index (χ3n) is 2.49. The molecule has 0 unspecified atom stereocenters. The maximum Gasteiger partial charge on any atom is 0.197 e. The molecule has 0 aliphatic rings. The number of hydrogen-bond acceptors (Lipinski definition) is 5. The molecule has 2 aromatic rings. The maximum atomic E-state index is 8.87. The summed E-state index contributed by atoms with van der Waals surface area (Å²) in [5.74, 6) is 1.33. The van der Waals surface area contributed by atoms with Crippen molar-refractivity contribution >= 4 is 22.5 Å². The SMILES string of the molecule is ON=C(Cl)C(=NO)c1ccc(Oc2ccccc2)cc1. The first-order valence-corrected chi connectivity index (χ1v) is 6.05. The van der Waals surface area contributed by atoms with Crippen molar-refractivity contribution in [2.45, 2.75) is 0 Å². The molecule has 0 spiro atoms. The fourth-order valence-electron chi connectivity index (χ4n) is 1.57. The molecule has 102 valence electrons. The third kappa shape index (κ3) is 3.27. The molecule has 0 aliphatic carbocycles. The van der Waals surface area contributed by atoms with Crippen molar-refractivity contribution in [3.05, 3.63) is 60.2 Å². The zero-order valence-corrected chi connectivity index (χ0v) is 11.0. The third-order valence-corrected chi connectivity index (χ3v) is 2.74. The van der Waals surface area contributed by atoms with E-state index in [1.165, 1.54) is 0 Å². The van der Waals surface area contributed by atoms with E-state index >= 15 is 0 Å². The van der Waals surface area contributed by atoms with Crippen LogP contribution < -0.4 is 4.74 Å². The number of nitrogens with zero attached hydrogens (tertiary/aromatic N) is 2. The van der Waals surface area contributed by atoms with E-state index in [1.807, 2.05) is 30.3 Å². The van der Waals surface area contributed by atoms with Gasteiger partial charge >= 0.3 is 0 Å². The predicted molar refractivity (Wildman–Crippen MR) is 76.4 cm³/mol. The van der Waals surface area contributed by atoms with Gasteiger partial charge in [0.1, 0.15) is 11.5 Å². The summed E-state index contributed by atoms with van der Waals surface area (Å²) in [5.41, 5.74) is 0.469. The van der Waals surface area contributed by atoms with Crippen LogP contribution in [0.3, 0.4) is 0 Å². The molecule has 2 aromatic carbocycles. The van der Waals surface area contributed by atoms with Gasteiger partial charge < -0.3 is 15.2 Å². The summed E-state index contributed by atoms with van der Waals surface area (Å²) in [6.07, 6.45) is 0. The molecule has 6 heteroatoms. The van der Waals surface area contributed by atoms with E-state index in [2.05, 4.69) is 10.3 Å². The molecule has 0 atom stereocenters. The number of hydrogen-bond donors (Lipinski definition) is 2. The Balaban J connectivity index is 2.18. The second-order valence-corrected chi connectivity index (χ2v) is 4.14. The molecule has 0 heterocycles. The van der Waals surface area contributed by atoms with E-state index in [-0.39, 0.29) is 10.9 Å². The smallest absolute Gasteiger partial charge is 0.197 e. The molecule has 0 saturated heterocycles. The molecular weight excluding hydrogens is 280 g/mol. The summed E-state index contributed by atoms with van der Waals surface area (Å²) < 4.78 is 5.62. The van der Waals surface area contributed by atoms with Gasteiger partial charge in [0.05, 0.1) is 0 Å². The highest BCUT2D eigenvalue weighted by molar-refractivity contribution is 6.85. The van der Waals surface area contributed by atoms with Crippen LogP contribution in [0.25, 0.3) is 0 Å².